The molecule has 0 bridgehead atoms. The van der Waals surface area contributed by atoms with Gasteiger partial charge in [0, 0.05) is 18.8 Å². The van der Waals surface area contributed by atoms with E-state index in [-0.39, 0.29) is 0 Å². The molecule has 1 heterocycles. The second-order valence-corrected chi connectivity index (χ2v) is 6.62. The molecule has 1 aliphatic heterocycles. The van der Waals surface area contributed by atoms with Crippen LogP contribution in [0.15, 0.2) is 24.3 Å². The molecule has 1 N–H and O–H groups in total. The number of nitrogens with zero attached hydrogens (tertiary/aromatic N) is 1. The monoisotopic (exact) mass is 318 g/mol. The zero-order valence-corrected chi connectivity index (χ0v) is 14.9. The van der Waals surface area contributed by atoms with Crippen LogP contribution in [0.5, 0.6) is 5.75 Å². The first-order chi connectivity index (χ1) is 11.4. The first-order valence-corrected chi connectivity index (χ1v) is 9.57. The minimum absolute atomic E-state index is 0.835. The summed E-state index contributed by atoms with van der Waals surface area (Å²) in [5.74, 6) is 0.986. The van der Waals surface area contributed by atoms with Crippen LogP contribution in [0.3, 0.4) is 0 Å². The molecular formula is C20H34N2O. The summed E-state index contributed by atoms with van der Waals surface area (Å²) in [4.78, 5) is 2.59. The van der Waals surface area contributed by atoms with Gasteiger partial charge in [-0.15, -0.1) is 0 Å². The van der Waals surface area contributed by atoms with E-state index in [0.717, 1.165) is 31.9 Å². The lowest BCUT2D eigenvalue weighted by Gasteiger charge is -2.20. The summed E-state index contributed by atoms with van der Waals surface area (Å²) in [5, 5.41) is 3.53. The molecule has 0 spiro atoms. The third-order valence-electron chi connectivity index (χ3n) is 4.58. The minimum Gasteiger partial charge on any atom is -0.494 e. The SMILES string of the molecule is CCCCCCOc1ccc(NCCN2CCCCCC2)cc1. The van der Waals surface area contributed by atoms with Gasteiger partial charge in [0.15, 0.2) is 0 Å². The molecule has 1 aliphatic rings. The second kappa shape index (κ2) is 11.3. The molecule has 0 aliphatic carbocycles. The number of unbranched alkanes of at least 4 members (excludes halogenated alkanes) is 3. The van der Waals surface area contributed by atoms with E-state index >= 15 is 0 Å². The molecule has 3 heteroatoms. The van der Waals surface area contributed by atoms with E-state index in [1.807, 2.05) is 0 Å². The molecule has 3 nitrogen and oxygen atoms in total. The van der Waals surface area contributed by atoms with Crippen molar-refractivity contribution >= 4 is 5.69 Å². The smallest absolute Gasteiger partial charge is 0.119 e. The molecular weight excluding hydrogens is 284 g/mol. The molecule has 1 fully saturated rings. The van der Waals surface area contributed by atoms with Gasteiger partial charge in [-0.2, -0.15) is 0 Å². The van der Waals surface area contributed by atoms with E-state index in [9.17, 15) is 0 Å². The fourth-order valence-corrected chi connectivity index (χ4v) is 3.11. The fraction of sp³-hybridized carbons (Fsp3) is 0.700. The number of hydrogen-bond donors (Lipinski definition) is 1. The molecule has 0 aromatic heterocycles. The van der Waals surface area contributed by atoms with Gasteiger partial charge < -0.3 is 15.0 Å². The Balaban J connectivity index is 1.60. The Morgan fingerprint density at radius 1 is 0.957 bits per heavy atom. The predicted molar refractivity (Wildman–Crippen MR) is 99.5 cm³/mol. The molecule has 0 saturated carbocycles. The van der Waals surface area contributed by atoms with E-state index in [1.54, 1.807) is 0 Å². The Bertz CT molecular complexity index is 397. The first-order valence-electron chi connectivity index (χ1n) is 9.57. The Morgan fingerprint density at radius 3 is 2.39 bits per heavy atom. The molecule has 1 aromatic rings. The van der Waals surface area contributed by atoms with Crippen LogP contribution in [-0.4, -0.2) is 37.7 Å². The maximum atomic E-state index is 5.79. The van der Waals surface area contributed by atoms with E-state index in [4.69, 9.17) is 4.74 Å². The standard InChI is InChI=1S/C20H34N2O/c1-2-3-4-9-18-23-20-12-10-19(11-13-20)21-14-17-22-15-7-5-6-8-16-22/h10-13,21H,2-9,14-18H2,1H3. The topological polar surface area (TPSA) is 24.5 Å². The Morgan fingerprint density at radius 2 is 1.70 bits per heavy atom. The van der Waals surface area contributed by atoms with Crippen molar-refractivity contribution in [2.24, 2.45) is 0 Å². The van der Waals surface area contributed by atoms with Crippen molar-refractivity contribution in [2.45, 2.75) is 58.3 Å². The molecule has 1 aromatic carbocycles. The van der Waals surface area contributed by atoms with Crippen molar-refractivity contribution in [1.29, 1.82) is 0 Å². The Kier molecular flexibility index (Phi) is 8.93. The zero-order chi connectivity index (χ0) is 16.2. The highest BCUT2D eigenvalue weighted by atomic mass is 16.5. The average Bonchev–Trinajstić information content (AvgIpc) is 2.85. The molecule has 2 rings (SSSR count). The maximum absolute atomic E-state index is 5.79. The molecule has 0 atom stereocenters. The van der Waals surface area contributed by atoms with Crippen LogP contribution in [0.4, 0.5) is 5.69 Å². The van der Waals surface area contributed by atoms with Crippen molar-refractivity contribution in [2.75, 3.05) is 38.1 Å². The molecule has 130 valence electrons. The van der Waals surface area contributed by atoms with Gasteiger partial charge in [0.05, 0.1) is 6.61 Å². The third kappa shape index (κ3) is 7.74. The lowest BCUT2D eigenvalue weighted by Crippen LogP contribution is -2.29. The summed E-state index contributed by atoms with van der Waals surface area (Å²) >= 11 is 0. The van der Waals surface area contributed by atoms with Gasteiger partial charge in [0.1, 0.15) is 5.75 Å². The molecule has 1 saturated heterocycles. The number of ether oxygens (including phenoxy) is 1. The first kappa shape index (κ1) is 18.1. The summed E-state index contributed by atoms with van der Waals surface area (Å²) in [6.07, 6.45) is 10.6. The van der Waals surface area contributed by atoms with Gasteiger partial charge in [-0.1, -0.05) is 39.0 Å². The fourth-order valence-electron chi connectivity index (χ4n) is 3.11. The van der Waals surface area contributed by atoms with Crippen molar-refractivity contribution in [1.82, 2.24) is 4.90 Å². The molecule has 0 radical (unpaired) electrons. The molecule has 0 amide bonds. The second-order valence-electron chi connectivity index (χ2n) is 6.62. The van der Waals surface area contributed by atoms with Crippen molar-refractivity contribution in [3.05, 3.63) is 24.3 Å². The van der Waals surface area contributed by atoms with Crippen LogP contribution < -0.4 is 10.1 Å². The van der Waals surface area contributed by atoms with Gasteiger partial charge >= 0.3 is 0 Å². The summed E-state index contributed by atoms with van der Waals surface area (Å²) in [7, 11) is 0. The highest BCUT2D eigenvalue weighted by molar-refractivity contribution is 5.46. The third-order valence-corrected chi connectivity index (χ3v) is 4.58. The summed E-state index contributed by atoms with van der Waals surface area (Å²) in [6.45, 7) is 7.78. The predicted octanol–water partition coefficient (Wildman–Crippen LogP) is 4.93. The van der Waals surface area contributed by atoms with E-state index in [1.165, 1.54) is 63.7 Å². The van der Waals surface area contributed by atoms with Crippen molar-refractivity contribution < 1.29 is 4.74 Å². The number of rotatable bonds is 10. The minimum atomic E-state index is 0.835. The lowest BCUT2D eigenvalue weighted by atomic mass is 10.2. The largest absolute Gasteiger partial charge is 0.494 e. The van der Waals surface area contributed by atoms with E-state index < -0.39 is 0 Å². The van der Waals surface area contributed by atoms with Gasteiger partial charge in [0.2, 0.25) is 0 Å². The van der Waals surface area contributed by atoms with E-state index in [2.05, 4.69) is 41.4 Å². The summed E-state index contributed by atoms with van der Waals surface area (Å²) < 4.78 is 5.79. The summed E-state index contributed by atoms with van der Waals surface area (Å²) in [6, 6.07) is 8.41. The number of likely N-dealkylation sites (tertiary alicyclic amines) is 1. The molecule has 0 unspecified atom stereocenters. The van der Waals surface area contributed by atoms with Gasteiger partial charge in [0.25, 0.3) is 0 Å². The van der Waals surface area contributed by atoms with Crippen LogP contribution in [0, 0.1) is 0 Å². The number of hydrogen-bond acceptors (Lipinski definition) is 3. The normalized spacial score (nSPS) is 16.0. The van der Waals surface area contributed by atoms with Crippen LogP contribution >= 0.6 is 0 Å². The quantitative estimate of drug-likeness (QED) is 0.619. The van der Waals surface area contributed by atoms with Crippen molar-refractivity contribution in [3.63, 3.8) is 0 Å². The lowest BCUT2D eigenvalue weighted by molar-refractivity contribution is 0.296. The van der Waals surface area contributed by atoms with Crippen LogP contribution in [0.2, 0.25) is 0 Å². The van der Waals surface area contributed by atoms with E-state index in [0.29, 0.717) is 0 Å². The number of anilines is 1. The number of nitrogens with one attached hydrogen (secondary N) is 1. The molecule has 23 heavy (non-hydrogen) atoms. The Labute approximate surface area is 142 Å². The average molecular weight is 319 g/mol. The number of benzene rings is 1. The highest BCUT2D eigenvalue weighted by Crippen LogP contribution is 2.16. The Hall–Kier alpha value is -1.22. The van der Waals surface area contributed by atoms with Crippen LogP contribution in [0.1, 0.15) is 58.3 Å². The zero-order valence-electron chi connectivity index (χ0n) is 14.9. The van der Waals surface area contributed by atoms with Gasteiger partial charge in [-0.3, -0.25) is 0 Å². The van der Waals surface area contributed by atoms with Crippen LogP contribution in [-0.2, 0) is 0 Å². The van der Waals surface area contributed by atoms with Crippen LogP contribution in [0.25, 0.3) is 0 Å². The maximum Gasteiger partial charge on any atom is 0.119 e. The summed E-state index contributed by atoms with van der Waals surface area (Å²) in [5.41, 5.74) is 1.19. The van der Waals surface area contributed by atoms with Gasteiger partial charge in [-0.05, 0) is 56.6 Å². The van der Waals surface area contributed by atoms with Crippen molar-refractivity contribution in [3.8, 4) is 5.75 Å². The van der Waals surface area contributed by atoms with Gasteiger partial charge in [-0.25, -0.2) is 0 Å². The highest BCUT2D eigenvalue weighted by Gasteiger charge is 2.07.